The Morgan fingerprint density at radius 3 is 2.72 bits per heavy atom. The molecule has 0 spiro atoms. The first-order valence-corrected chi connectivity index (χ1v) is 8.26. The minimum atomic E-state index is -3.57. The van der Waals surface area contributed by atoms with Crippen LogP contribution in [-0.4, -0.2) is 30.3 Å². The third-order valence-corrected chi connectivity index (χ3v) is 5.93. The molecule has 0 aromatic carbocycles. The molecule has 1 aliphatic rings. The molecule has 2 unspecified atom stereocenters. The number of hydrogen-bond acceptors (Lipinski definition) is 3. The van der Waals surface area contributed by atoms with Gasteiger partial charge in [-0.05, 0) is 41.3 Å². The standard InChI is InChI=1S/C11H14BrClN2O2S/c1-7-3-8(2)15(6-7)18(16,17)10-4-9(12)5-14-11(10)13/h4-5,7-8H,3,6H2,1-2H3. The van der Waals surface area contributed by atoms with Crippen LogP contribution in [0.25, 0.3) is 0 Å². The van der Waals surface area contributed by atoms with Gasteiger partial charge in [0.05, 0.1) is 0 Å². The Hall–Kier alpha value is -0.170. The molecule has 0 amide bonds. The van der Waals surface area contributed by atoms with E-state index in [9.17, 15) is 8.42 Å². The molecule has 0 N–H and O–H groups in total. The van der Waals surface area contributed by atoms with Crippen LogP contribution in [0.15, 0.2) is 21.6 Å². The van der Waals surface area contributed by atoms with E-state index in [4.69, 9.17) is 11.6 Å². The molecule has 0 aliphatic carbocycles. The van der Waals surface area contributed by atoms with Gasteiger partial charge in [0.2, 0.25) is 10.0 Å². The molecule has 1 saturated heterocycles. The third-order valence-electron chi connectivity index (χ3n) is 3.09. The van der Waals surface area contributed by atoms with Crippen molar-refractivity contribution in [2.75, 3.05) is 6.54 Å². The Kier molecular flexibility index (Phi) is 4.02. The predicted octanol–water partition coefficient (Wildman–Crippen LogP) is 2.92. The first kappa shape index (κ1) is 14.2. The molecule has 1 aromatic rings. The van der Waals surface area contributed by atoms with Gasteiger partial charge in [-0.2, -0.15) is 4.31 Å². The van der Waals surface area contributed by atoms with Crippen molar-refractivity contribution in [3.63, 3.8) is 0 Å². The van der Waals surface area contributed by atoms with Crippen LogP contribution in [0.4, 0.5) is 0 Å². The number of hydrogen-bond donors (Lipinski definition) is 0. The predicted molar refractivity (Wildman–Crippen MR) is 74.1 cm³/mol. The maximum Gasteiger partial charge on any atom is 0.246 e. The maximum atomic E-state index is 12.5. The number of halogens is 2. The number of rotatable bonds is 2. The van der Waals surface area contributed by atoms with Gasteiger partial charge < -0.3 is 0 Å². The summed E-state index contributed by atoms with van der Waals surface area (Å²) in [6.07, 6.45) is 2.36. The molecule has 0 bridgehead atoms. The van der Waals surface area contributed by atoms with Crippen LogP contribution in [0.5, 0.6) is 0 Å². The number of aromatic nitrogens is 1. The van der Waals surface area contributed by atoms with Gasteiger partial charge in [-0.3, -0.25) is 0 Å². The van der Waals surface area contributed by atoms with Crippen molar-refractivity contribution in [2.24, 2.45) is 5.92 Å². The molecule has 0 radical (unpaired) electrons. The quantitative estimate of drug-likeness (QED) is 0.768. The zero-order valence-corrected chi connectivity index (χ0v) is 13.3. The minimum Gasteiger partial charge on any atom is -0.242 e. The molecular weight excluding hydrogens is 340 g/mol. The summed E-state index contributed by atoms with van der Waals surface area (Å²) < 4.78 is 27.2. The lowest BCUT2D eigenvalue weighted by molar-refractivity contribution is 0.405. The summed E-state index contributed by atoms with van der Waals surface area (Å²) >= 11 is 9.13. The van der Waals surface area contributed by atoms with Crippen LogP contribution < -0.4 is 0 Å². The summed E-state index contributed by atoms with van der Waals surface area (Å²) in [5.41, 5.74) is 0. The van der Waals surface area contributed by atoms with E-state index < -0.39 is 10.0 Å². The van der Waals surface area contributed by atoms with Gasteiger partial charge in [0.15, 0.2) is 0 Å². The van der Waals surface area contributed by atoms with E-state index >= 15 is 0 Å². The van der Waals surface area contributed by atoms with Crippen molar-refractivity contribution in [3.05, 3.63) is 21.9 Å². The van der Waals surface area contributed by atoms with E-state index in [1.165, 1.54) is 16.6 Å². The highest BCUT2D eigenvalue weighted by Gasteiger charge is 2.37. The van der Waals surface area contributed by atoms with Gasteiger partial charge in [-0.1, -0.05) is 18.5 Å². The van der Waals surface area contributed by atoms with E-state index in [1.807, 2.05) is 13.8 Å². The second kappa shape index (κ2) is 5.07. The Bertz CT molecular complexity index is 564. The molecule has 7 heteroatoms. The molecule has 2 rings (SSSR count). The van der Waals surface area contributed by atoms with Gasteiger partial charge in [-0.25, -0.2) is 13.4 Å². The van der Waals surface area contributed by atoms with Crippen LogP contribution in [0.3, 0.4) is 0 Å². The fraction of sp³-hybridized carbons (Fsp3) is 0.545. The molecular formula is C11H14BrClN2O2S. The zero-order valence-electron chi connectivity index (χ0n) is 10.1. The summed E-state index contributed by atoms with van der Waals surface area (Å²) in [6, 6.07) is 1.50. The molecule has 2 atom stereocenters. The summed E-state index contributed by atoms with van der Waals surface area (Å²) in [6.45, 7) is 4.50. The lowest BCUT2D eigenvalue weighted by Crippen LogP contribution is -2.34. The Morgan fingerprint density at radius 1 is 1.50 bits per heavy atom. The SMILES string of the molecule is CC1CC(C)N(S(=O)(=O)c2cc(Br)cnc2Cl)C1. The second-order valence-corrected chi connectivity index (χ2v) is 7.84. The maximum absolute atomic E-state index is 12.5. The molecule has 4 nitrogen and oxygen atoms in total. The molecule has 18 heavy (non-hydrogen) atoms. The Morgan fingerprint density at radius 2 is 2.17 bits per heavy atom. The summed E-state index contributed by atoms with van der Waals surface area (Å²) in [7, 11) is -3.57. The van der Waals surface area contributed by atoms with Crippen molar-refractivity contribution in [1.29, 1.82) is 0 Å². The van der Waals surface area contributed by atoms with Gasteiger partial charge in [-0.15, -0.1) is 0 Å². The number of pyridine rings is 1. The van der Waals surface area contributed by atoms with Crippen LogP contribution in [0.2, 0.25) is 5.15 Å². The number of sulfonamides is 1. The molecule has 2 heterocycles. The second-order valence-electron chi connectivity index (χ2n) is 4.71. The minimum absolute atomic E-state index is 0.0000447. The lowest BCUT2D eigenvalue weighted by Gasteiger charge is -2.21. The number of nitrogens with zero attached hydrogens (tertiary/aromatic N) is 2. The van der Waals surface area contributed by atoms with Crippen molar-refractivity contribution in [1.82, 2.24) is 9.29 Å². The monoisotopic (exact) mass is 352 g/mol. The van der Waals surface area contributed by atoms with E-state index in [1.54, 1.807) is 0 Å². The van der Waals surface area contributed by atoms with Gasteiger partial charge in [0, 0.05) is 23.3 Å². The van der Waals surface area contributed by atoms with Crippen molar-refractivity contribution >= 4 is 37.6 Å². The average Bonchev–Trinajstić information content (AvgIpc) is 2.62. The van der Waals surface area contributed by atoms with Gasteiger partial charge in [0.1, 0.15) is 10.0 Å². The van der Waals surface area contributed by atoms with E-state index in [0.29, 0.717) is 16.9 Å². The summed E-state index contributed by atoms with van der Waals surface area (Å²) in [5.74, 6) is 0.369. The highest BCUT2D eigenvalue weighted by Crippen LogP contribution is 2.32. The average molecular weight is 354 g/mol. The fourth-order valence-electron chi connectivity index (χ4n) is 2.31. The van der Waals surface area contributed by atoms with Gasteiger partial charge >= 0.3 is 0 Å². The smallest absolute Gasteiger partial charge is 0.242 e. The van der Waals surface area contributed by atoms with E-state index in [0.717, 1.165) is 6.42 Å². The zero-order chi connectivity index (χ0) is 13.5. The molecule has 1 aromatic heterocycles. The van der Waals surface area contributed by atoms with Crippen LogP contribution >= 0.6 is 27.5 Å². The fourth-order valence-corrected chi connectivity index (χ4v) is 4.99. The summed E-state index contributed by atoms with van der Waals surface area (Å²) in [5, 5.41) is 0.0185. The van der Waals surface area contributed by atoms with Crippen molar-refractivity contribution < 1.29 is 8.42 Å². The van der Waals surface area contributed by atoms with Crippen molar-refractivity contribution in [2.45, 2.75) is 31.2 Å². The van der Waals surface area contributed by atoms with Gasteiger partial charge in [0.25, 0.3) is 0 Å². The first-order chi connectivity index (χ1) is 8.32. The highest BCUT2D eigenvalue weighted by molar-refractivity contribution is 9.10. The Labute approximate surface area is 121 Å². The molecule has 100 valence electrons. The normalized spacial score (nSPS) is 25.6. The molecule has 1 fully saturated rings. The lowest BCUT2D eigenvalue weighted by atomic mass is 10.1. The van der Waals surface area contributed by atoms with Crippen LogP contribution in [0, 0.1) is 5.92 Å². The van der Waals surface area contributed by atoms with Crippen LogP contribution in [0.1, 0.15) is 20.3 Å². The molecule has 0 saturated carbocycles. The van der Waals surface area contributed by atoms with E-state index in [-0.39, 0.29) is 16.1 Å². The van der Waals surface area contributed by atoms with Crippen molar-refractivity contribution in [3.8, 4) is 0 Å². The summed E-state index contributed by atoms with van der Waals surface area (Å²) in [4.78, 5) is 3.94. The van der Waals surface area contributed by atoms with E-state index in [2.05, 4.69) is 20.9 Å². The highest BCUT2D eigenvalue weighted by atomic mass is 79.9. The Balaban J connectivity index is 2.45. The van der Waals surface area contributed by atoms with Crippen LogP contribution in [-0.2, 0) is 10.0 Å². The topological polar surface area (TPSA) is 50.3 Å². The largest absolute Gasteiger partial charge is 0.246 e. The third kappa shape index (κ3) is 2.57. The first-order valence-electron chi connectivity index (χ1n) is 5.65. The molecule has 1 aliphatic heterocycles.